The number of hydrogen-bond acceptors (Lipinski definition) is 4. The third-order valence-corrected chi connectivity index (χ3v) is 3.38. The predicted molar refractivity (Wildman–Crippen MR) is 66.2 cm³/mol. The summed E-state index contributed by atoms with van der Waals surface area (Å²) < 4.78 is 5.34. The molecule has 0 aromatic carbocycles. The number of hydrogen-bond donors (Lipinski definition) is 1. The highest BCUT2D eigenvalue weighted by atomic mass is 16.3. The molecule has 1 aromatic heterocycles. The normalized spacial score (nSPS) is 17.6. The molecule has 2 rings (SSSR count). The number of nitrogens with zero attached hydrogens (tertiary/aromatic N) is 1. The van der Waals surface area contributed by atoms with E-state index in [1.165, 1.54) is 0 Å². The number of piperidine rings is 1. The topological polar surface area (TPSA) is 62.6 Å². The Morgan fingerprint density at radius 2 is 2.22 bits per heavy atom. The molecule has 0 bridgehead atoms. The van der Waals surface area contributed by atoms with E-state index in [1.54, 1.807) is 13.1 Å². The Labute approximate surface area is 106 Å². The fourth-order valence-corrected chi connectivity index (χ4v) is 2.32. The molecule has 0 saturated carbocycles. The first-order chi connectivity index (χ1) is 8.72. The van der Waals surface area contributed by atoms with Crippen LogP contribution < -0.4 is 5.32 Å². The SMILES string of the molecule is CNC(=O)C1CCN(Cc2ccc(C=O)o2)CC1. The number of carbonyl (C=O) groups excluding carboxylic acids is 2. The van der Waals surface area contributed by atoms with Gasteiger partial charge in [0.25, 0.3) is 0 Å². The second-order valence-electron chi connectivity index (χ2n) is 4.59. The average Bonchev–Trinajstić information content (AvgIpc) is 2.86. The van der Waals surface area contributed by atoms with Gasteiger partial charge < -0.3 is 9.73 Å². The zero-order valence-electron chi connectivity index (χ0n) is 10.5. The van der Waals surface area contributed by atoms with Crippen LogP contribution in [0.3, 0.4) is 0 Å². The summed E-state index contributed by atoms with van der Waals surface area (Å²) in [6.45, 7) is 2.47. The van der Waals surface area contributed by atoms with Gasteiger partial charge in [-0.1, -0.05) is 0 Å². The summed E-state index contributed by atoms with van der Waals surface area (Å²) in [7, 11) is 1.68. The van der Waals surface area contributed by atoms with Crippen molar-refractivity contribution in [2.45, 2.75) is 19.4 Å². The van der Waals surface area contributed by atoms with Crippen molar-refractivity contribution in [3.63, 3.8) is 0 Å². The van der Waals surface area contributed by atoms with Crippen molar-refractivity contribution in [1.82, 2.24) is 10.2 Å². The molecule has 5 heteroatoms. The number of likely N-dealkylation sites (tertiary alicyclic amines) is 1. The van der Waals surface area contributed by atoms with Crippen molar-refractivity contribution in [2.75, 3.05) is 20.1 Å². The van der Waals surface area contributed by atoms with Crippen LogP contribution in [0.1, 0.15) is 29.2 Å². The van der Waals surface area contributed by atoms with E-state index in [4.69, 9.17) is 4.42 Å². The van der Waals surface area contributed by atoms with Gasteiger partial charge in [0, 0.05) is 13.0 Å². The average molecular weight is 250 g/mol. The Hall–Kier alpha value is -1.62. The Kier molecular flexibility index (Phi) is 4.15. The molecule has 2 heterocycles. The molecule has 0 spiro atoms. The van der Waals surface area contributed by atoms with Gasteiger partial charge in [-0.15, -0.1) is 0 Å². The van der Waals surface area contributed by atoms with Crippen LogP contribution in [0.5, 0.6) is 0 Å². The van der Waals surface area contributed by atoms with Crippen LogP contribution >= 0.6 is 0 Å². The highest BCUT2D eigenvalue weighted by molar-refractivity contribution is 5.78. The fraction of sp³-hybridized carbons (Fsp3) is 0.538. The number of rotatable bonds is 4. The summed E-state index contributed by atoms with van der Waals surface area (Å²) in [6.07, 6.45) is 2.46. The third kappa shape index (κ3) is 2.98. The lowest BCUT2D eigenvalue weighted by atomic mass is 9.96. The van der Waals surface area contributed by atoms with E-state index < -0.39 is 0 Å². The molecule has 1 aliphatic rings. The summed E-state index contributed by atoms with van der Waals surface area (Å²) in [5, 5.41) is 2.70. The molecule has 5 nitrogen and oxygen atoms in total. The number of nitrogens with one attached hydrogen (secondary N) is 1. The molecule has 1 aromatic rings. The van der Waals surface area contributed by atoms with Crippen molar-refractivity contribution in [2.24, 2.45) is 5.92 Å². The molecule has 0 atom stereocenters. The zero-order chi connectivity index (χ0) is 13.0. The molecule has 98 valence electrons. The summed E-state index contributed by atoms with van der Waals surface area (Å²) in [5.41, 5.74) is 0. The highest BCUT2D eigenvalue weighted by Gasteiger charge is 2.24. The van der Waals surface area contributed by atoms with Crippen LogP contribution in [-0.4, -0.2) is 37.2 Å². The van der Waals surface area contributed by atoms with E-state index >= 15 is 0 Å². The van der Waals surface area contributed by atoms with Gasteiger partial charge in [-0.3, -0.25) is 14.5 Å². The first-order valence-corrected chi connectivity index (χ1v) is 6.20. The van der Waals surface area contributed by atoms with Gasteiger partial charge in [0.1, 0.15) is 5.76 Å². The van der Waals surface area contributed by atoms with E-state index in [0.29, 0.717) is 18.6 Å². The largest absolute Gasteiger partial charge is 0.457 e. The second kappa shape index (κ2) is 5.82. The quantitative estimate of drug-likeness (QED) is 0.811. The molecular formula is C13H18N2O3. The second-order valence-corrected chi connectivity index (χ2v) is 4.59. The number of amides is 1. The van der Waals surface area contributed by atoms with E-state index in [9.17, 15) is 9.59 Å². The van der Waals surface area contributed by atoms with Crippen molar-refractivity contribution in [3.8, 4) is 0 Å². The summed E-state index contributed by atoms with van der Waals surface area (Å²) in [6, 6.07) is 3.51. The molecular weight excluding hydrogens is 232 g/mol. The van der Waals surface area contributed by atoms with Crippen LogP contribution in [0.4, 0.5) is 0 Å². The molecule has 0 aliphatic carbocycles. The van der Waals surface area contributed by atoms with Crippen molar-refractivity contribution in [3.05, 3.63) is 23.7 Å². The summed E-state index contributed by atoms with van der Waals surface area (Å²) in [5.74, 6) is 1.44. The molecule has 1 N–H and O–H groups in total. The van der Waals surface area contributed by atoms with E-state index in [1.807, 2.05) is 6.07 Å². The number of furan rings is 1. The maximum Gasteiger partial charge on any atom is 0.222 e. The molecule has 0 radical (unpaired) electrons. The third-order valence-electron chi connectivity index (χ3n) is 3.38. The minimum atomic E-state index is 0.133. The van der Waals surface area contributed by atoms with Gasteiger partial charge in [-0.05, 0) is 38.1 Å². The minimum Gasteiger partial charge on any atom is -0.457 e. The molecule has 0 unspecified atom stereocenters. The highest BCUT2D eigenvalue weighted by Crippen LogP contribution is 2.19. The Balaban J connectivity index is 1.83. The van der Waals surface area contributed by atoms with Crippen LogP contribution in [0.15, 0.2) is 16.5 Å². The number of carbonyl (C=O) groups is 2. The standard InChI is InChI=1S/C13H18N2O3/c1-14-13(17)10-4-6-15(7-5-10)8-11-2-3-12(9-16)18-11/h2-3,9-10H,4-8H2,1H3,(H,14,17). The molecule has 1 saturated heterocycles. The van der Waals surface area contributed by atoms with E-state index in [2.05, 4.69) is 10.2 Å². The Morgan fingerprint density at radius 1 is 1.50 bits per heavy atom. The maximum atomic E-state index is 11.5. The Morgan fingerprint density at radius 3 is 2.78 bits per heavy atom. The van der Waals surface area contributed by atoms with Gasteiger partial charge in [-0.2, -0.15) is 0 Å². The first-order valence-electron chi connectivity index (χ1n) is 6.20. The van der Waals surface area contributed by atoms with E-state index in [0.717, 1.165) is 31.7 Å². The van der Waals surface area contributed by atoms with Gasteiger partial charge >= 0.3 is 0 Å². The fourth-order valence-electron chi connectivity index (χ4n) is 2.32. The molecule has 18 heavy (non-hydrogen) atoms. The van der Waals surface area contributed by atoms with Crippen molar-refractivity contribution >= 4 is 12.2 Å². The van der Waals surface area contributed by atoms with Crippen LogP contribution in [0.2, 0.25) is 0 Å². The molecule has 1 amide bonds. The maximum absolute atomic E-state index is 11.5. The zero-order valence-corrected chi connectivity index (χ0v) is 10.5. The molecule has 1 fully saturated rings. The minimum absolute atomic E-state index is 0.133. The van der Waals surface area contributed by atoms with Crippen molar-refractivity contribution < 1.29 is 14.0 Å². The monoisotopic (exact) mass is 250 g/mol. The summed E-state index contributed by atoms with van der Waals surface area (Å²) >= 11 is 0. The first kappa shape index (κ1) is 12.8. The predicted octanol–water partition coefficient (Wildman–Crippen LogP) is 1.05. The molecule has 1 aliphatic heterocycles. The smallest absolute Gasteiger partial charge is 0.222 e. The van der Waals surface area contributed by atoms with Gasteiger partial charge in [0.05, 0.1) is 6.54 Å². The van der Waals surface area contributed by atoms with Crippen molar-refractivity contribution in [1.29, 1.82) is 0 Å². The summed E-state index contributed by atoms with van der Waals surface area (Å²) in [4.78, 5) is 24.2. The lowest BCUT2D eigenvalue weighted by Gasteiger charge is -2.30. The Bertz CT molecular complexity index is 420. The lowest BCUT2D eigenvalue weighted by molar-refractivity contribution is -0.125. The van der Waals surface area contributed by atoms with Crippen LogP contribution in [0.25, 0.3) is 0 Å². The number of aldehydes is 1. The van der Waals surface area contributed by atoms with E-state index in [-0.39, 0.29) is 11.8 Å². The van der Waals surface area contributed by atoms with Gasteiger partial charge in [0.15, 0.2) is 12.0 Å². The van der Waals surface area contributed by atoms with Gasteiger partial charge in [-0.25, -0.2) is 0 Å². The van der Waals surface area contributed by atoms with Gasteiger partial charge in [0.2, 0.25) is 5.91 Å². The van der Waals surface area contributed by atoms with Crippen LogP contribution in [0, 0.1) is 5.92 Å². The lowest BCUT2D eigenvalue weighted by Crippen LogP contribution is -2.39. The van der Waals surface area contributed by atoms with Crippen LogP contribution in [-0.2, 0) is 11.3 Å².